The summed E-state index contributed by atoms with van der Waals surface area (Å²) in [4.78, 5) is 16.5. The number of nitrogens with zero attached hydrogens (tertiary/aromatic N) is 2. The Morgan fingerprint density at radius 1 is 1.12 bits per heavy atom. The fourth-order valence-electron chi connectivity index (χ4n) is 2.82. The van der Waals surface area contributed by atoms with Crippen molar-refractivity contribution in [2.24, 2.45) is 5.73 Å². The maximum Gasteiger partial charge on any atom is 0.222 e. The van der Waals surface area contributed by atoms with Crippen molar-refractivity contribution in [1.82, 2.24) is 9.80 Å². The number of halogens is 3. The highest BCUT2D eigenvalue weighted by Gasteiger charge is 2.24. The molecule has 0 aliphatic carbocycles. The van der Waals surface area contributed by atoms with Crippen LogP contribution < -0.4 is 5.73 Å². The normalized spacial score (nSPS) is 17.4. The molecule has 1 aliphatic heterocycles. The van der Waals surface area contributed by atoms with Gasteiger partial charge in [0.05, 0.1) is 0 Å². The van der Waals surface area contributed by atoms with Crippen LogP contribution in [-0.4, -0.2) is 47.9 Å². The van der Waals surface area contributed by atoms with Gasteiger partial charge in [0.15, 0.2) is 0 Å². The van der Waals surface area contributed by atoms with E-state index >= 15 is 0 Å². The van der Waals surface area contributed by atoms with E-state index in [2.05, 4.69) is 24.0 Å². The summed E-state index contributed by atoms with van der Waals surface area (Å²) in [5.41, 5.74) is 6.98. The van der Waals surface area contributed by atoms with Crippen LogP contribution in [0.25, 0.3) is 0 Å². The lowest BCUT2D eigenvalue weighted by molar-refractivity contribution is -0.133. The molecule has 1 saturated heterocycles. The number of benzene rings is 1. The smallest absolute Gasteiger partial charge is 0.222 e. The summed E-state index contributed by atoms with van der Waals surface area (Å²) in [6, 6.07) is 8.46. The van der Waals surface area contributed by atoms with Crippen molar-refractivity contribution in [2.45, 2.75) is 38.8 Å². The Kier molecular flexibility index (Phi) is 10.9. The lowest BCUT2D eigenvalue weighted by atomic mass is 10.1. The molecule has 7 heteroatoms. The van der Waals surface area contributed by atoms with Crippen molar-refractivity contribution in [3.8, 4) is 0 Å². The number of hydrogen-bond donors (Lipinski definition) is 1. The molecule has 4 nitrogen and oxygen atoms in total. The van der Waals surface area contributed by atoms with Crippen molar-refractivity contribution >= 4 is 42.3 Å². The SMILES string of the molecule is CC(N)CCC(=O)N1CCN(C(C)c2ccc(Cl)cc2)CC1.Cl.Cl. The number of carbonyl (C=O) groups is 1. The van der Waals surface area contributed by atoms with E-state index < -0.39 is 0 Å². The van der Waals surface area contributed by atoms with Gasteiger partial charge in [-0.1, -0.05) is 23.7 Å². The van der Waals surface area contributed by atoms with Gasteiger partial charge in [0.2, 0.25) is 5.91 Å². The highest BCUT2D eigenvalue weighted by molar-refractivity contribution is 6.30. The first-order valence-electron chi connectivity index (χ1n) is 8.00. The summed E-state index contributed by atoms with van der Waals surface area (Å²) in [6.45, 7) is 7.57. The van der Waals surface area contributed by atoms with Crippen LogP contribution in [0.1, 0.15) is 38.3 Å². The van der Waals surface area contributed by atoms with Gasteiger partial charge >= 0.3 is 0 Å². The van der Waals surface area contributed by atoms with Crippen LogP contribution in [0.15, 0.2) is 24.3 Å². The highest BCUT2D eigenvalue weighted by atomic mass is 35.5. The third-order valence-electron chi connectivity index (χ3n) is 4.38. The van der Waals surface area contributed by atoms with Crippen molar-refractivity contribution in [3.05, 3.63) is 34.9 Å². The fourth-order valence-corrected chi connectivity index (χ4v) is 2.95. The van der Waals surface area contributed by atoms with Gasteiger partial charge in [-0.15, -0.1) is 24.8 Å². The quantitative estimate of drug-likeness (QED) is 0.828. The minimum Gasteiger partial charge on any atom is -0.340 e. The van der Waals surface area contributed by atoms with E-state index in [1.165, 1.54) is 5.56 Å². The van der Waals surface area contributed by atoms with Crippen molar-refractivity contribution in [1.29, 1.82) is 0 Å². The first-order chi connectivity index (χ1) is 10.5. The molecule has 0 radical (unpaired) electrons. The first-order valence-corrected chi connectivity index (χ1v) is 8.38. The van der Waals surface area contributed by atoms with Crippen LogP contribution in [-0.2, 0) is 4.79 Å². The van der Waals surface area contributed by atoms with E-state index in [4.69, 9.17) is 17.3 Å². The predicted molar refractivity (Wildman–Crippen MR) is 105 cm³/mol. The second-order valence-corrected chi connectivity index (χ2v) is 6.60. The molecule has 1 aromatic carbocycles. The molecule has 2 unspecified atom stereocenters. The Morgan fingerprint density at radius 3 is 2.17 bits per heavy atom. The van der Waals surface area contributed by atoms with Crippen molar-refractivity contribution in [3.63, 3.8) is 0 Å². The first kappa shape index (κ1) is 23.5. The van der Waals surface area contributed by atoms with E-state index in [0.717, 1.165) is 37.6 Å². The monoisotopic (exact) mass is 395 g/mol. The standard InChI is InChI=1S/C17H26ClN3O.2ClH/c1-13(19)3-8-17(22)21-11-9-20(10-12-21)14(2)15-4-6-16(18)7-5-15;;/h4-7,13-14H,3,8-12,19H2,1-2H3;2*1H. The molecule has 1 aliphatic rings. The third kappa shape index (κ3) is 6.77. The molecule has 24 heavy (non-hydrogen) atoms. The molecular weight excluding hydrogens is 369 g/mol. The lowest BCUT2D eigenvalue weighted by Crippen LogP contribution is -2.49. The van der Waals surface area contributed by atoms with E-state index in [1.54, 1.807) is 0 Å². The van der Waals surface area contributed by atoms with Crippen LogP contribution >= 0.6 is 36.4 Å². The molecule has 0 aromatic heterocycles. The molecule has 0 bridgehead atoms. The van der Waals surface area contributed by atoms with Gasteiger partial charge in [-0.3, -0.25) is 9.69 Å². The Balaban J connectivity index is 0.00000264. The van der Waals surface area contributed by atoms with Gasteiger partial charge in [-0.2, -0.15) is 0 Å². The number of rotatable bonds is 5. The van der Waals surface area contributed by atoms with Crippen LogP contribution in [0.2, 0.25) is 5.02 Å². The molecule has 2 atom stereocenters. The van der Waals surface area contributed by atoms with Gasteiger partial charge in [0.1, 0.15) is 0 Å². The lowest BCUT2D eigenvalue weighted by Gasteiger charge is -2.38. The van der Waals surface area contributed by atoms with Crippen LogP contribution in [0.4, 0.5) is 0 Å². The molecule has 138 valence electrons. The summed E-state index contributed by atoms with van der Waals surface area (Å²) in [5.74, 6) is 0.232. The Bertz CT molecular complexity index is 488. The maximum absolute atomic E-state index is 12.1. The number of nitrogens with two attached hydrogens (primary N) is 1. The summed E-state index contributed by atoms with van der Waals surface area (Å²) in [5, 5.41) is 0.764. The molecular formula is C17H28Cl3N3O. The molecule has 0 saturated carbocycles. The molecule has 1 heterocycles. The van der Waals surface area contributed by atoms with Gasteiger partial charge in [0, 0.05) is 49.7 Å². The summed E-state index contributed by atoms with van der Waals surface area (Å²) in [7, 11) is 0. The van der Waals surface area contributed by atoms with E-state index in [-0.39, 0.29) is 36.8 Å². The molecule has 2 rings (SSSR count). The third-order valence-corrected chi connectivity index (χ3v) is 4.63. The van der Waals surface area contributed by atoms with E-state index in [9.17, 15) is 4.79 Å². The molecule has 1 aromatic rings. The number of amides is 1. The summed E-state index contributed by atoms with van der Waals surface area (Å²) >= 11 is 5.94. The second kappa shape index (κ2) is 11.2. The van der Waals surface area contributed by atoms with Crippen LogP contribution in [0, 0.1) is 0 Å². The Hall–Kier alpha value is -0.520. The fraction of sp³-hybridized carbons (Fsp3) is 0.588. The number of hydrogen-bond acceptors (Lipinski definition) is 3. The Morgan fingerprint density at radius 2 is 1.67 bits per heavy atom. The zero-order chi connectivity index (χ0) is 16.1. The van der Waals surface area contributed by atoms with E-state index in [1.807, 2.05) is 24.0 Å². The zero-order valence-corrected chi connectivity index (χ0v) is 16.7. The van der Waals surface area contributed by atoms with E-state index in [0.29, 0.717) is 12.5 Å². The minimum absolute atomic E-state index is 0. The average Bonchev–Trinajstić information content (AvgIpc) is 2.53. The Labute approximate surface area is 162 Å². The summed E-state index contributed by atoms with van der Waals surface area (Å²) < 4.78 is 0. The van der Waals surface area contributed by atoms with Crippen LogP contribution in [0.3, 0.4) is 0 Å². The minimum atomic E-state index is 0. The predicted octanol–water partition coefficient (Wildman–Crippen LogP) is 3.52. The largest absolute Gasteiger partial charge is 0.340 e. The molecule has 2 N–H and O–H groups in total. The van der Waals surface area contributed by atoms with Gasteiger partial charge in [0.25, 0.3) is 0 Å². The maximum atomic E-state index is 12.1. The number of carbonyl (C=O) groups excluding carboxylic acids is 1. The topological polar surface area (TPSA) is 49.6 Å². The van der Waals surface area contributed by atoms with Gasteiger partial charge in [-0.25, -0.2) is 0 Å². The number of piperazine rings is 1. The van der Waals surface area contributed by atoms with Crippen LogP contribution in [0.5, 0.6) is 0 Å². The highest BCUT2D eigenvalue weighted by Crippen LogP contribution is 2.23. The average molecular weight is 397 g/mol. The zero-order valence-electron chi connectivity index (χ0n) is 14.3. The van der Waals surface area contributed by atoms with Crippen molar-refractivity contribution < 1.29 is 4.79 Å². The second-order valence-electron chi connectivity index (χ2n) is 6.16. The molecule has 1 fully saturated rings. The van der Waals surface area contributed by atoms with Gasteiger partial charge in [-0.05, 0) is 38.0 Å². The molecule has 1 amide bonds. The summed E-state index contributed by atoms with van der Waals surface area (Å²) in [6.07, 6.45) is 1.32. The van der Waals surface area contributed by atoms with Crippen molar-refractivity contribution in [2.75, 3.05) is 26.2 Å². The van der Waals surface area contributed by atoms with Gasteiger partial charge < -0.3 is 10.6 Å². The molecule has 0 spiro atoms.